The van der Waals surface area contributed by atoms with Gasteiger partial charge in [0.05, 0.1) is 5.02 Å². The second kappa shape index (κ2) is 6.30. The van der Waals surface area contributed by atoms with Gasteiger partial charge in [0.1, 0.15) is 0 Å². The maximum Gasteiger partial charge on any atom is 0.269 e. The molecule has 0 unspecified atom stereocenters. The normalized spacial score (nSPS) is 32.4. The van der Waals surface area contributed by atoms with E-state index in [0.717, 1.165) is 17.8 Å². The molecule has 2 N–H and O–H groups in total. The Labute approximate surface area is 162 Å². The Balaban J connectivity index is 1.20. The van der Waals surface area contributed by atoms with Crippen LogP contribution in [0.25, 0.3) is 0 Å². The first-order chi connectivity index (χ1) is 13.0. The van der Waals surface area contributed by atoms with Gasteiger partial charge in [0.25, 0.3) is 5.91 Å². The van der Waals surface area contributed by atoms with Gasteiger partial charge in [-0.2, -0.15) is 0 Å². The van der Waals surface area contributed by atoms with Crippen LogP contribution in [0.4, 0.5) is 0 Å². The summed E-state index contributed by atoms with van der Waals surface area (Å²) in [6.07, 6.45) is 8.04. The molecule has 27 heavy (non-hydrogen) atoms. The fourth-order valence-electron chi connectivity index (χ4n) is 6.19. The van der Waals surface area contributed by atoms with Gasteiger partial charge in [0, 0.05) is 12.0 Å². The highest BCUT2D eigenvalue weighted by Gasteiger charge is 2.51. The van der Waals surface area contributed by atoms with Crippen molar-refractivity contribution in [2.75, 3.05) is 6.79 Å². The first-order valence-corrected chi connectivity index (χ1v) is 10.1. The highest BCUT2D eigenvalue weighted by Crippen LogP contribution is 2.61. The molecule has 4 bridgehead atoms. The van der Waals surface area contributed by atoms with Crippen molar-refractivity contribution in [2.24, 2.45) is 23.2 Å². The Morgan fingerprint density at radius 1 is 1.04 bits per heavy atom. The SMILES string of the molecule is O=C(CC12CC3CC(CC(C3)C1)C2)NNC(=O)c1cc(Cl)c2c(c1)OCO2. The number of ether oxygens (including phenoxy) is 2. The predicted octanol–water partition coefficient (Wildman–Crippen LogP) is 3.44. The van der Waals surface area contributed by atoms with E-state index in [9.17, 15) is 9.59 Å². The van der Waals surface area contributed by atoms with Crippen molar-refractivity contribution in [3.63, 3.8) is 0 Å². The highest BCUT2D eigenvalue weighted by molar-refractivity contribution is 6.32. The Bertz CT molecular complexity index is 774. The smallest absolute Gasteiger partial charge is 0.269 e. The summed E-state index contributed by atoms with van der Waals surface area (Å²) in [5, 5.41) is 0.315. The molecule has 0 spiro atoms. The molecule has 0 radical (unpaired) electrons. The van der Waals surface area contributed by atoms with Crippen molar-refractivity contribution in [3.8, 4) is 11.5 Å². The third-order valence-electron chi connectivity index (χ3n) is 6.71. The number of hydrogen-bond donors (Lipinski definition) is 2. The van der Waals surface area contributed by atoms with Crippen LogP contribution in [-0.4, -0.2) is 18.6 Å². The van der Waals surface area contributed by atoms with E-state index in [1.54, 1.807) is 6.07 Å². The number of nitrogens with one attached hydrogen (secondary N) is 2. The first kappa shape index (κ1) is 17.2. The Morgan fingerprint density at radius 3 is 2.37 bits per heavy atom. The summed E-state index contributed by atoms with van der Waals surface area (Å²) in [5.74, 6) is 2.75. The van der Waals surface area contributed by atoms with Crippen LogP contribution in [0.3, 0.4) is 0 Å². The van der Waals surface area contributed by atoms with Gasteiger partial charge in [-0.15, -0.1) is 0 Å². The molecule has 5 aliphatic rings. The molecule has 144 valence electrons. The molecule has 1 aromatic carbocycles. The highest BCUT2D eigenvalue weighted by atomic mass is 35.5. The van der Waals surface area contributed by atoms with Crippen molar-refractivity contribution in [1.29, 1.82) is 0 Å². The fraction of sp³-hybridized carbons (Fsp3) is 0.600. The van der Waals surface area contributed by atoms with E-state index >= 15 is 0 Å². The minimum Gasteiger partial charge on any atom is -0.454 e. The average Bonchev–Trinajstić information content (AvgIpc) is 3.07. The van der Waals surface area contributed by atoms with E-state index < -0.39 is 5.91 Å². The number of hydrazine groups is 1. The van der Waals surface area contributed by atoms with Gasteiger partial charge in [0.15, 0.2) is 11.5 Å². The van der Waals surface area contributed by atoms with Crippen molar-refractivity contribution >= 4 is 23.4 Å². The van der Waals surface area contributed by atoms with Crippen LogP contribution in [0.2, 0.25) is 5.02 Å². The van der Waals surface area contributed by atoms with Crippen LogP contribution in [0.5, 0.6) is 11.5 Å². The Hall–Kier alpha value is -1.95. The molecule has 7 heteroatoms. The van der Waals surface area contributed by atoms with Gasteiger partial charge in [-0.25, -0.2) is 0 Å². The zero-order valence-corrected chi connectivity index (χ0v) is 15.8. The lowest BCUT2D eigenvalue weighted by Crippen LogP contribution is -2.50. The van der Waals surface area contributed by atoms with Gasteiger partial charge < -0.3 is 9.47 Å². The minimum absolute atomic E-state index is 0.0852. The summed E-state index contributed by atoms with van der Waals surface area (Å²) >= 11 is 6.11. The van der Waals surface area contributed by atoms with Crippen LogP contribution in [0.1, 0.15) is 55.3 Å². The van der Waals surface area contributed by atoms with Gasteiger partial charge in [0.2, 0.25) is 12.7 Å². The molecule has 1 heterocycles. The third-order valence-corrected chi connectivity index (χ3v) is 6.99. The van der Waals surface area contributed by atoms with Crippen molar-refractivity contribution in [1.82, 2.24) is 10.9 Å². The van der Waals surface area contributed by atoms with Crippen LogP contribution < -0.4 is 20.3 Å². The standard InChI is InChI=1S/C20H23ClN2O4/c21-15-4-14(5-16-18(15)27-10-26-16)19(25)23-22-17(24)9-20-6-11-1-12(7-20)3-13(2-11)8-20/h4-5,11-13H,1-3,6-10H2,(H,22,24)(H,23,25). The number of benzene rings is 1. The number of amides is 2. The molecular weight excluding hydrogens is 368 g/mol. The second-order valence-electron chi connectivity index (χ2n) is 8.79. The van der Waals surface area contributed by atoms with Crippen LogP contribution in [-0.2, 0) is 4.79 Å². The summed E-state index contributed by atoms with van der Waals surface area (Å²) in [5.41, 5.74) is 5.56. The summed E-state index contributed by atoms with van der Waals surface area (Å²) in [7, 11) is 0. The second-order valence-corrected chi connectivity index (χ2v) is 9.20. The summed E-state index contributed by atoms with van der Waals surface area (Å²) < 4.78 is 10.5. The molecular formula is C20H23ClN2O4. The summed E-state index contributed by atoms with van der Waals surface area (Å²) in [6.45, 7) is 0.0852. The number of carbonyl (C=O) groups is 2. The third kappa shape index (κ3) is 3.14. The lowest BCUT2D eigenvalue weighted by Gasteiger charge is -2.56. The van der Waals surface area contributed by atoms with Crippen molar-refractivity contribution < 1.29 is 19.1 Å². The number of fused-ring (bicyclic) bond motifs is 1. The quantitative estimate of drug-likeness (QED) is 0.775. The lowest BCUT2D eigenvalue weighted by atomic mass is 9.49. The lowest BCUT2D eigenvalue weighted by molar-refractivity contribution is -0.130. The fourth-order valence-corrected chi connectivity index (χ4v) is 6.45. The number of hydrogen-bond acceptors (Lipinski definition) is 4. The molecule has 4 saturated carbocycles. The molecule has 0 saturated heterocycles. The van der Waals surface area contributed by atoms with Gasteiger partial charge >= 0.3 is 0 Å². The van der Waals surface area contributed by atoms with E-state index in [-0.39, 0.29) is 18.1 Å². The summed E-state index contributed by atoms with van der Waals surface area (Å²) in [4.78, 5) is 24.9. The molecule has 1 aromatic rings. The molecule has 1 aliphatic heterocycles. The Morgan fingerprint density at radius 2 is 1.70 bits per heavy atom. The molecule has 6 nitrogen and oxygen atoms in total. The van der Waals surface area contributed by atoms with Crippen molar-refractivity contribution in [2.45, 2.75) is 44.9 Å². The minimum atomic E-state index is -0.422. The zero-order chi connectivity index (χ0) is 18.6. The monoisotopic (exact) mass is 390 g/mol. The molecule has 4 aliphatic carbocycles. The van der Waals surface area contributed by atoms with E-state index in [1.807, 2.05) is 0 Å². The molecule has 6 rings (SSSR count). The Kier molecular flexibility index (Phi) is 4.00. The van der Waals surface area contributed by atoms with Crippen molar-refractivity contribution in [3.05, 3.63) is 22.7 Å². The maximum absolute atomic E-state index is 12.5. The van der Waals surface area contributed by atoms with Gasteiger partial charge in [-0.1, -0.05) is 11.6 Å². The van der Waals surface area contributed by atoms with Crippen LogP contribution in [0.15, 0.2) is 12.1 Å². The molecule has 0 atom stereocenters. The first-order valence-electron chi connectivity index (χ1n) is 9.68. The van der Waals surface area contributed by atoms with E-state index in [1.165, 1.54) is 44.6 Å². The zero-order valence-electron chi connectivity index (χ0n) is 15.1. The largest absolute Gasteiger partial charge is 0.454 e. The van der Waals surface area contributed by atoms with E-state index in [0.29, 0.717) is 28.5 Å². The molecule has 2 amide bonds. The maximum atomic E-state index is 12.5. The van der Waals surface area contributed by atoms with Crippen LogP contribution in [0, 0.1) is 23.2 Å². The molecule has 4 fully saturated rings. The van der Waals surface area contributed by atoms with Gasteiger partial charge in [-0.05, 0) is 73.8 Å². The summed E-state index contributed by atoms with van der Waals surface area (Å²) in [6, 6.07) is 3.07. The molecule has 0 aromatic heterocycles. The number of carbonyl (C=O) groups excluding carboxylic acids is 2. The predicted molar refractivity (Wildman–Crippen MR) is 98.4 cm³/mol. The van der Waals surface area contributed by atoms with E-state index in [4.69, 9.17) is 21.1 Å². The number of rotatable bonds is 3. The van der Waals surface area contributed by atoms with E-state index in [2.05, 4.69) is 10.9 Å². The average molecular weight is 391 g/mol. The topological polar surface area (TPSA) is 76.7 Å². The van der Waals surface area contributed by atoms with Crippen LogP contribution >= 0.6 is 11.6 Å². The number of halogens is 1. The van der Waals surface area contributed by atoms with Gasteiger partial charge in [-0.3, -0.25) is 20.4 Å².